The molecule has 0 aromatic heterocycles. The van der Waals surface area contributed by atoms with Crippen molar-refractivity contribution >= 4 is 6.21 Å². The van der Waals surface area contributed by atoms with Crippen LogP contribution in [0.3, 0.4) is 0 Å². The molecular weight excluding hydrogens is 189 g/mol. The standard InChI is InChI=1S/C14H20N.Li/c1-11(2)14(12(3)4)15-10-13-8-6-5-7-9-13;/h5-9,11-12,14H,1-4H3;/q-1;+1. The maximum atomic E-state index is 4.54. The van der Waals surface area contributed by atoms with Crippen LogP contribution in [0.15, 0.2) is 35.3 Å². The van der Waals surface area contributed by atoms with E-state index in [2.05, 4.69) is 38.9 Å². The first kappa shape index (κ1) is 15.5. The maximum absolute atomic E-state index is 4.54. The molecule has 0 radical (unpaired) electrons. The van der Waals surface area contributed by atoms with E-state index in [9.17, 15) is 0 Å². The molecule has 0 aliphatic rings. The Labute approximate surface area is 112 Å². The summed E-state index contributed by atoms with van der Waals surface area (Å²) in [6.45, 7) is 8.84. The molecule has 1 aromatic rings. The van der Waals surface area contributed by atoms with Crippen molar-refractivity contribution in [3.05, 3.63) is 35.9 Å². The number of hydrogen-bond acceptors (Lipinski definition) is 1. The van der Waals surface area contributed by atoms with Gasteiger partial charge >= 0.3 is 18.9 Å². The Morgan fingerprint density at radius 1 is 0.938 bits per heavy atom. The number of nitrogens with zero attached hydrogens (tertiary/aromatic N) is 1. The molecule has 0 bridgehead atoms. The third-order valence-electron chi connectivity index (χ3n) is 2.48. The molecule has 0 aliphatic carbocycles. The predicted molar refractivity (Wildman–Crippen MR) is 66.4 cm³/mol. The van der Waals surface area contributed by atoms with E-state index in [4.69, 9.17) is 0 Å². The Balaban J connectivity index is 0.00000225. The van der Waals surface area contributed by atoms with E-state index in [0.29, 0.717) is 17.9 Å². The Hall–Kier alpha value is -0.513. The summed E-state index contributed by atoms with van der Waals surface area (Å²) in [7, 11) is 0. The van der Waals surface area contributed by atoms with Gasteiger partial charge in [0.05, 0.1) is 0 Å². The quantitative estimate of drug-likeness (QED) is 0.392. The van der Waals surface area contributed by atoms with Crippen molar-refractivity contribution in [2.45, 2.75) is 33.7 Å². The third kappa shape index (κ3) is 5.01. The molecule has 0 aliphatic heterocycles. The van der Waals surface area contributed by atoms with Crippen LogP contribution in [-0.4, -0.2) is 12.3 Å². The van der Waals surface area contributed by atoms with Crippen molar-refractivity contribution in [3.8, 4) is 0 Å². The second-order valence-corrected chi connectivity index (χ2v) is 4.59. The van der Waals surface area contributed by atoms with Crippen molar-refractivity contribution in [1.82, 2.24) is 0 Å². The summed E-state index contributed by atoms with van der Waals surface area (Å²) in [6, 6.07) is 10.5. The molecule has 1 aromatic carbocycles. The molecule has 16 heavy (non-hydrogen) atoms. The molecule has 0 spiro atoms. The van der Waals surface area contributed by atoms with Crippen molar-refractivity contribution in [2.24, 2.45) is 16.8 Å². The second kappa shape index (κ2) is 7.71. The molecule has 1 nitrogen and oxygen atoms in total. The van der Waals surface area contributed by atoms with Crippen LogP contribution in [0.4, 0.5) is 0 Å². The third-order valence-corrected chi connectivity index (χ3v) is 2.48. The van der Waals surface area contributed by atoms with Crippen LogP contribution >= 0.6 is 0 Å². The van der Waals surface area contributed by atoms with Gasteiger partial charge in [0.2, 0.25) is 0 Å². The van der Waals surface area contributed by atoms with Crippen molar-refractivity contribution in [3.63, 3.8) is 0 Å². The fraction of sp³-hybridized carbons (Fsp3) is 0.500. The van der Waals surface area contributed by atoms with Crippen LogP contribution in [0.1, 0.15) is 33.3 Å². The van der Waals surface area contributed by atoms with Crippen LogP contribution in [0.25, 0.3) is 0 Å². The van der Waals surface area contributed by atoms with Crippen LogP contribution in [-0.2, 0) is 0 Å². The monoisotopic (exact) mass is 209 g/mol. The molecule has 0 unspecified atom stereocenters. The topological polar surface area (TPSA) is 12.4 Å². The normalized spacial score (nSPS) is 11.4. The molecule has 0 N–H and O–H groups in total. The van der Waals surface area contributed by atoms with Gasteiger partial charge in [0, 0.05) is 6.04 Å². The number of hydrogen-bond donors (Lipinski definition) is 0. The van der Waals surface area contributed by atoms with Crippen molar-refractivity contribution < 1.29 is 18.9 Å². The average Bonchev–Trinajstić information content (AvgIpc) is 2.18. The SMILES string of the molecule is CC(C)C(N=[C-]c1ccccc1)C(C)C.[Li+]. The number of benzene rings is 1. The molecule has 0 amide bonds. The van der Waals surface area contributed by atoms with E-state index in [1.807, 2.05) is 30.3 Å². The first-order chi connectivity index (χ1) is 7.11. The summed E-state index contributed by atoms with van der Waals surface area (Å²) < 4.78 is 0. The fourth-order valence-electron chi connectivity index (χ4n) is 1.73. The molecule has 0 heterocycles. The van der Waals surface area contributed by atoms with Crippen LogP contribution in [0, 0.1) is 11.8 Å². The predicted octanol–water partition coefficient (Wildman–Crippen LogP) is 0.667. The Kier molecular flexibility index (Phi) is 7.46. The number of rotatable bonds is 4. The Morgan fingerprint density at radius 3 is 1.88 bits per heavy atom. The molecule has 82 valence electrons. The summed E-state index contributed by atoms with van der Waals surface area (Å²) in [4.78, 5) is 4.54. The second-order valence-electron chi connectivity index (χ2n) is 4.59. The number of aliphatic imine (C=N–C) groups is 1. The van der Waals surface area contributed by atoms with Gasteiger partial charge in [0.1, 0.15) is 0 Å². The van der Waals surface area contributed by atoms with Gasteiger partial charge in [0.25, 0.3) is 0 Å². The fourth-order valence-corrected chi connectivity index (χ4v) is 1.73. The molecule has 0 saturated carbocycles. The zero-order chi connectivity index (χ0) is 11.3. The van der Waals surface area contributed by atoms with E-state index in [0.717, 1.165) is 5.56 Å². The molecule has 0 atom stereocenters. The molecule has 0 saturated heterocycles. The van der Waals surface area contributed by atoms with Gasteiger partial charge in [-0.25, -0.2) is 0 Å². The average molecular weight is 209 g/mol. The largest absolute Gasteiger partial charge is 1.00 e. The van der Waals surface area contributed by atoms with Gasteiger partial charge in [-0.2, -0.15) is 17.7 Å². The minimum atomic E-state index is 0. The van der Waals surface area contributed by atoms with Gasteiger partial charge in [-0.3, -0.25) is 0 Å². The van der Waals surface area contributed by atoms with E-state index >= 15 is 0 Å². The molecule has 1 rings (SSSR count). The molecule has 0 fully saturated rings. The van der Waals surface area contributed by atoms with Gasteiger partial charge in [0.15, 0.2) is 0 Å². The van der Waals surface area contributed by atoms with Crippen LogP contribution < -0.4 is 18.9 Å². The summed E-state index contributed by atoms with van der Waals surface area (Å²) in [5.74, 6) is 1.14. The van der Waals surface area contributed by atoms with Gasteiger partial charge in [-0.05, 0) is 11.8 Å². The summed E-state index contributed by atoms with van der Waals surface area (Å²) in [5.41, 5.74) is 1.06. The zero-order valence-electron chi connectivity index (χ0n) is 11.1. The van der Waals surface area contributed by atoms with Gasteiger partial charge in [-0.1, -0.05) is 40.0 Å². The maximum Gasteiger partial charge on any atom is 1.00 e. The minimum absolute atomic E-state index is 0. The van der Waals surface area contributed by atoms with E-state index in [1.54, 1.807) is 0 Å². The summed E-state index contributed by atoms with van der Waals surface area (Å²) >= 11 is 0. The molecular formula is C14H20LiN. The van der Waals surface area contributed by atoms with E-state index in [-0.39, 0.29) is 18.9 Å². The first-order valence-electron chi connectivity index (χ1n) is 5.62. The van der Waals surface area contributed by atoms with E-state index in [1.165, 1.54) is 0 Å². The Morgan fingerprint density at radius 2 is 1.44 bits per heavy atom. The van der Waals surface area contributed by atoms with Gasteiger partial charge in [-0.15, -0.1) is 12.1 Å². The minimum Gasteiger partial charge on any atom is -0.356 e. The molecule has 2 heteroatoms. The van der Waals surface area contributed by atoms with Crippen molar-refractivity contribution in [1.29, 1.82) is 0 Å². The smallest absolute Gasteiger partial charge is 0.356 e. The van der Waals surface area contributed by atoms with Crippen LogP contribution in [0.2, 0.25) is 0 Å². The Bertz CT molecular complexity index is 296. The summed E-state index contributed by atoms with van der Waals surface area (Å²) in [5, 5.41) is 0. The summed E-state index contributed by atoms with van der Waals surface area (Å²) in [6.07, 6.45) is 3.13. The van der Waals surface area contributed by atoms with E-state index < -0.39 is 0 Å². The van der Waals surface area contributed by atoms with Gasteiger partial charge < -0.3 is 4.99 Å². The zero-order valence-corrected chi connectivity index (χ0v) is 11.1. The van der Waals surface area contributed by atoms with Crippen LogP contribution in [0.5, 0.6) is 0 Å². The first-order valence-corrected chi connectivity index (χ1v) is 5.62. The van der Waals surface area contributed by atoms with Crippen molar-refractivity contribution in [2.75, 3.05) is 0 Å².